The molecule has 2 rings (SSSR count). The largest absolute Gasteiger partial charge is 0.347 e. The van der Waals surface area contributed by atoms with Crippen molar-refractivity contribution in [2.75, 3.05) is 19.5 Å². The van der Waals surface area contributed by atoms with Crippen LogP contribution in [0.2, 0.25) is 0 Å². The Morgan fingerprint density at radius 3 is 2.65 bits per heavy atom. The van der Waals surface area contributed by atoms with Crippen molar-refractivity contribution in [3.05, 3.63) is 29.8 Å². The first-order valence-electron chi connectivity index (χ1n) is 6.35. The van der Waals surface area contributed by atoms with Crippen LogP contribution in [-0.2, 0) is 14.3 Å². The minimum Gasteiger partial charge on any atom is -0.347 e. The maximum atomic E-state index is 11.7. The van der Waals surface area contributed by atoms with Crippen LogP contribution in [0.4, 0.5) is 0 Å². The normalized spacial score (nSPS) is 17.5. The molecule has 1 saturated heterocycles. The molecule has 0 radical (unpaired) electrons. The fourth-order valence-corrected chi connectivity index (χ4v) is 2.27. The molecule has 1 N–H and O–H groups in total. The van der Waals surface area contributed by atoms with E-state index in [9.17, 15) is 4.79 Å². The smallest absolute Gasteiger partial charge is 0.245 e. The number of benzene rings is 1. The molecule has 1 aliphatic rings. The number of ether oxygens (including phenoxy) is 2. The van der Waals surface area contributed by atoms with Gasteiger partial charge in [-0.05, 0) is 30.9 Å². The predicted octanol–water partition coefficient (Wildman–Crippen LogP) is 2.01. The number of nitrogens with zero attached hydrogens (tertiary/aromatic N) is 1. The molecule has 0 atom stereocenters. The Balaban J connectivity index is 1.81. The maximum Gasteiger partial charge on any atom is 0.245 e. The van der Waals surface area contributed by atoms with E-state index < -0.39 is 5.79 Å². The van der Waals surface area contributed by atoms with Gasteiger partial charge in [-0.15, -0.1) is 11.8 Å². The van der Waals surface area contributed by atoms with E-state index >= 15 is 0 Å². The molecule has 108 valence electrons. The highest BCUT2D eigenvalue weighted by Gasteiger charge is 2.33. The molecule has 0 bridgehead atoms. The molecule has 1 aliphatic heterocycles. The molecule has 5 nitrogen and oxygen atoms in total. The SMILES string of the molecule is CSc1ccc(/C=N/NC(=O)CC2(C)OCCO2)cc1. The van der Waals surface area contributed by atoms with Crippen LogP contribution in [0.1, 0.15) is 18.9 Å². The Labute approximate surface area is 122 Å². The molecular weight excluding hydrogens is 276 g/mol. The van der Waals surface area contributed by atoms with Crippen molar-refractivity contribution >= 4 is 23.9 Å². The number of rotatable bonds is 5. The Morgan fingerprint density at radius 1 is 1.40 bits per heavy atom. The number of carbonyl (C=O) groups is 1. The monoisotopic (exact) mass is 294 g/mol. The van der Waals surface area contributed by atoms with Gasteiger partial charge in [0.1, 0.15) is 0 Å². The molecule has 0 saturated carbocycles. The number of hydrazone groups is 1. The first kappa shape index (κ1) is 15.0. The fourth-order valence-electron chi connectivity index (χ4n) is 1.86. The number of nitrogens with one attached hydrogen (secondary N) is 1. The van der Waals surface area contributed by atoms with Crippen LogP contribution in [0.15, 0.2) is 34.3 Å². The van der Waals surface area contributed by atoms with Gasteiger partial charge >= 0.3 is 0 Å². The summed E-state index contributed by atoms with van der Waals surface area (Å²) in [6.45, 7) is 2.80. The lowest BCUT2D eigenvalue weighted by Gasteiger charge is -2.20. The Kier molecular flexibility index (Phi) is 5.17. The lowest BCUT2D eigenvalue weighted by molar-refractivity contribution is -0.159. The number of hydrogen-bond acceptors (Lipinski definition) is 5. The summed E-state index contributed by atoms with van der Waals surface area (Å²) in [6, 6.07) is 7.92. The van der Waals surface area contributed by atoms with Gasteiger partial charge < -0.3 is 9.47 Å². The van der Waals surface area contributed by atoms with Crippen LogP contribution in [0.25, 0.3) is 0 Å². The third kappa shape index (κ3) is 4.33. The Morgan fingerprint density at radius 2 is 2.05 bits per heavy atom. The van der Waals surface area contributed by atoms with E-state index in [0.29, 0.717) is 13.2 Å². The van der Waals surface area contributed by atoms with Crippen LogP contribution in [0.3, 0.4) is 0 Å². The summed E-state index contributed by atoms with van der Waals surface area (Å²) >= 11 is 1.68. The van der Waals surface area contributed by atoms with Crippen LogP contribution in [0.5, 0.6) is 0 Å². The highest BCUT2D eigenvalue weighted by atomic mass is 32.2. The molecule has 1 heterocycles. The highest BCUT2D eigenvalue weighted by Crippen LogP contribution is 2.22. The molecule has 6 heteroatoms. The van der Waals surface area contributed by atoms with Crippen LogP contribution in [-0.4, -0.2) is 37.4 Å². The van der Waals surface area contributed by atoms with Gasteiger partial charge in [0.2, 0.25) is 5.91 Å². The van der Waals surface area contributed by atoms with Gasteiger partial charge in [0, 0.05) is 4.90 Å². The second-order valence-electron chi connectivity index (χ2n) is 4.57. The van der Waals surface area contributed by atoms with Crippen molar-refractivity contribution in [1.29, 1.82) is 0 Å². The zero-order valence-corrected chi connectivity index (χ0v) is 12.4. The second kappa shape index (κ2) is 6.88. The summed E-state index contributed by atoms with van der Waals surface area (Å²) < 4.78 is 10.7. The first-order chi connectivity index (χ1) is 9.61. The third-order valence-electron chi connectivity index (χ3n) is 2.90. The Bertz CT molecular complexity index is 482. The molecule has 0 aliphatic carbocycles. The molecule has 0 spiro atoms. The lowest BCUT2D eigenvalue weighted by atomic mass is 10.2. The molecule has 1 fully saturated rings. The zero-order chi connectivity index (χ0) is 14.4. The zero-order valence-electron chi connectivity index (χ0n) is 11.6. The second-order valence-corrected chi connectivity index (χ2v) is 5.45. The van der Waals surface area contributed by atoms with E-state index in [0.717, 1.165) is 5.56 Å². The van der Waals surface area contributed by atoms with Crippen LogP contribution in [0, 0.1) is 0 Å². The van der Waals surface area contributed by atoms with E-state index in [2.05, 4.69) is 10.5 Å². The third-order valence-corrected chi connectivity index (χ3v) is 3.64. The minimum absolute atomic E-state index is 0.135. The molecule has 1 amide bonds. The number of hydrogen-bond donors (Lipinski definition) is 1. The standard InChI is InChI=1S/C14H18N2O3S/c1-14(18-7-8-19-14)9-13(17)16-15-10-11-3-5-12(20-2)6-4-11/h3-6,10H,7-9H2,1-2H3,(H,16,17)/b15-10+. The van der Waals surface area contributed by atoms with Gasteiger partial charge in [-0.25, -0.2) is 5.43 Å². The highest BCUT2D eigenvalue weighted by molar-refractivity contribution is 7.98. The van der Waals surface area contributed by atoms with Crippen molar-refractivity contribution in [2.45, 2.75) is 24.0 Å². The van der Waals surface area contributed by atoms with E-state index in [1.807, 2.05) is 30.5 Å². The van der Waals surface area contributed by atoms with Crippen molar-refractivity contribution in [3.63, 3.8) is 0 Å². The van der Waals surface area contributed by atoms with Crippen molar-refractivity contribution < 1.29 is 14.3 Å². The summed E-state index contributed by atoms with van der Waals surface area (Å²) in [6.07, 6.45) is 3.77. The van der Waals surface area contributed by atoms with E-state index in [1.54, 1.807) is 24.9 Å². The van der Waals surface area contributed by atoms with Crippen LogP contribution >= 0.6 is 11.8 Å². The van der Waals surface area contributed by atoms with E-state index in [1.165, 1.54) is 4.90 Å². The summed E-state index contributed by atoms with van der Waals surface area (Å²) in [5.74, 6) is -1.05. The molecule has 1 aromatic carbocycles. The lowest BCUT2D eigenvalue weighted by Crippen LogP contribution is -2.33. The average Bonchev–Trinajstić information content (AvgIpc) is 2.86. The van der Waals surface area contributed by atoms with Crippen LogP contribution < -0.4 is 5.43 Å². The van der Waals surface area contributed by atoms with Crippen molar-refractivity contribution in [2.24, 2.45) is 5.10 Å². The number of carbonyl (C=O) groups excluding carboxylic acids is 1. The van der Waals surface area contributed by atoms with E-state index in [4.69, 9.17) is 9.47 Å². The predicted molar refractivity (Wildman–Crippen MR) is 78.9 cm³/mol. The van der Waals surface area contributed by atoms with Crippen molar-refractivity contribution in [3.8, 4) is 0 Å². The van der Waals surface area contributed by atoms with Gasteiger partial charge in [-0.3, -0.25) is 4.79 Å². The van der Waals surface area contributed by atoms with Crippen molar-refractivity contribution in [1.82, 2.24) is 5.43 Å². The van der Waals surface area contributed by atoms with Gasteiger partial charge in [-0.2, -0.15) is 5.10 Å². The average molecular weight is 294 g/mol. The quantitative estimate of drug-likeness (QED) is 0.513. The molecular formula is C14H18N2O3S. The Hall–Kier alpha value is -1.37. The number of amides is 1. The number of thioether (sulfide) groups is 1. The molecule has 0 aromatic heterocycles. The summed E-state index contributed by atoms with van der Waals surface area (Å²) in [5.41, 5.74) is 3.41. The van der Waals surface area contributed by atoms with Gasteiger partial charge in [0.25, 0.3) is 0 Å². The molecule has 20 heavy (non-hydrogen) atoms. The van der Waals surface area contributed by atoms with Gasteiger partial charge in [0.15, 0.2) is 5.79 Å². The van der Waals surface area contributed by atoms with Gasteiger partial charge in [-0.1, -0.05) is 12.1 Å². The minimum atomic E-state index is -0.820. The summed E-state index contributed by atoms with van der Waals surface area (Å²) in [5, 5.41) is 3.93. The maximum absolute atomic E-state index is 11.7. The first-order valence-corrected chi connectivity index (χ1v) is 7.58. The van der Waals surface area contributed by atoms with Gasteiger partial charge in [0.05, 0.1) is 25.8 Å². The molecule has 0 unspecified atom stereocenters. The fraction of sp³-hybridized carbons (Fsp3) is 0.429. The summed E-state index contributed by atoms with van der Waals surface area (Å²) in [7, 11) is 0. The van der Waals surface area contributed by atoms with E-state index in [-0.39, 0.29) is 12.3 Å². The summed E-state index contributed by atoms with van der Waals surface area (Å²) in [4.78, 5) is 12.9. The topological polar surface area (TPSA) is 59.9 Å². The molecule has 1 aromatic rings.